The first kappa shape index (κ1) is 30.5. The van der Waals surface area contributed by atoms with Crippen LogP contribution in [0.5, 0.6) is 0 Å². The van der Waals surface area contributed by atoms with E-state index >= 15 is 0 Å². The van der Waals surface area contributed by atoms with Crippen molar-refractivity contribution in [3.05, 3.63) is 31.5 Å². The maximum Gasteiger partial charge on any atom is 0.336 e. The summed E-state index contributed by atoms with van der Waals surface area (Å²) in [5, 5.41) is 0. The zero-order valence-corrected chi connectivity index (χ0v) is 23.9. The molecule has 3 saturated carbocycles. The van der Waals surface area contributed by atoms with Crippen LogP contribution < -0.4 is 17.1 Å². The molecule has 0 spiro atoms. The van der Waals surface area contributed by atoms with Gasteiger partial charge in [-0.1, -0.05) is 38.5 Å². The van der Waals surface area contributed by atoms with Crippen molar-refractivity contribution in [1.29, 1.82) is 0 Å². The van der Waals surface area contributed by atoms with Crippen LogP contribution in [-0.2, 0) is 20.9 Å². The van der Waals surface area contributed by atoms with E-state index in [1.54, 1.807) is 32.1 Å². The molecule has 3 aliphatic carbocycles. The van der Waals surface area contributed by atoms with Crippen molar-refractivity contribution >= 4 is 18.2 Å². The predicted octanol–water partition coefficient (Wildman–Crippen LogP) is 2.98. The molecule has 8 unspecified atom stereocenters. The summed E-state index contributed by atoms with van der Waals surface area (Å²) in [7, 11) is 0. The Morgan fingerprint density at radius 1 is 0.610 bits per heavy atom. The standard InChI is InChI=1S/C29H40N6O6/c1-19(22-10-4-7-13-25(22)31-17-37)34-27(39)33(15-21-9-3-6-12-24(21)30-16-36)28(40)35(29(34)41)20(2)23-11-5-8-14-26(23)32-18-38/h19-26H,3-15H2,1-2H3. The van der Waals surface area contributed by atoms with Crippen LogP contribution in [0.1, 0.15) is 103 Å². The van der Waals surface area contributed by atoms with E-state index in [4.69, 9.17) is 0 Å². The molecule has 8 atom stereocenters. The van der Waals surface area contributed by atoms with Crippen molar-refractivity contribution in [1.82, 2.24) is 13.7 Å². The molecule has 0 aromatic carbocycles. The average molecular weight is 569 g/mol. The number of rotatable bonds is 9. The highest BCUT2D eigenvalue weighted by atomic mass is 16.2. The van der Waals surface area contributed by atoms with Crippen LogP contribution in [0.3, 0.4) is 0 Å². The molecule has 41 heavy (non-hydrogen) atoms. The number of isocyanates is 3. The minimum Gasteiger partial charge on any atom is -0.247 e. The zero-order valence-electron chi connectivity index (χ0n) is 23.9. The Kier molecular flexibility index (Phi) is 10.4. The highest BCUT2D eigenvalue weighted by Gasteiger charge is 2.37. The van der Waals surface area contributed by atoms with Crippen LogP contribution >= 0.6 is 0 Å². The Hall–Kier alpha value is -3.45. The van der Waals surface area contributed by atoms with E-state index in [-0.39, 0.29) is 42.4 Å². The van der Waals surface area contributed by atoms with Gasteiger partial charge in [-0.05, 0) is 52.4 Å². The largest absolute Gasteiger partial charge is 0.336 e. The first-order valence-electron chi connectivity index (χ1n) is 15.0. The highest BCUT2D eigenvalue weighted by molar-refractivity contribution is 5.34. The van der Waals surface area contributed by atoms with Gasteiger partial charge in [0, 0.05) is 36.4 Å². The molecule has 3 fully saturated rings. The monoisotopic (exact) mass is 568 g/mol. The van der Waals surface area contributed by atoms with E-state index in [1.165, 1.54) is 0 Å². The highest BCUT2D eigenvalue weighted by Crippen LogP contribution is 2.36. The Labute approximate surface area is 238 Å². The van der Waals surface area contributed by atoms with Gasteiger partial charge < -0.3 is 0 Å². The topological polar surface area (TPSA) is 154 Å². The minimum atomic E-state index is -0.708. The first-order chi connectivity index (χ1) is 19.8. The van der Waals surface area contributed by atoms with Gasteiger partial charge in [0.2, 0.25) is 18.2 Å². The van der Waals surface area contributed by atoms with Gasteiger partial charge in [-0.25, -0.2) is 57.4 Å². The second-order valence-corrected chi connectivity index (χ2v) is 12.0. The lowest BCUT2D eigenvalue weighted by molar-refractivity contribution is 0.185. The molecule has 1 aromatic heterocycles. The van der Waals surface area contributed by atoms with Gasteiger partial charge >= 0.3 is 17.1 Å². The molecule has 0 amide bonds. The number of aliphatic imine (C=N–C) groups is 3. The van der Waals surface area contributed by atoms with Gasteiger partial charge in [0.25, 0.3) is 0 Å². The van der Waals surface area contributed by atoms with Crippen LogP contribution in [0, 0.1) is 17.8 Å². The summed E-state index contributed by atoms with van der Waals surface area (Å²) in [6.45, 7) is 3.57. The van der Waals surface area contributed by atoms with Gasteiger partial charge in [-0.15, -0.1) is 0 Å². The second-order valence-electron chi connectivity index (χ2n) is 12.0. The summed E-state index contributed by atoms with van der Waals surface area (Å²) >= 11 is 0. The number of aromatic nitrogens is 3. The van der Waals surface area contributed by atoms with Gasteiger partial charge in [0.05, 0.1) is 18.1 Å². The fourth-order valence-corrected chi connectivity index (χ4v) is 7.59. The maximum absolute atomic E-state index is 14.1. The van der Waals surface area contributed by atoms with Crippen LogP contribution in [0.2, 0.25) is 0 Å². The molecular formula is C29H40N6O6. The van der Waals surface area contributed by atoms with Crippen LogP contribution in [0.25, 0.3) is 0 Å². The maximum atomic E-state index is 14.1. The van der Waals surface area contributed by atoms with Gasteiger partial charge in [-0.3, -0.25) is 0 Å². The van der Waals surface area contributed by atoms with E-state index in [1.807, 2.05) is 0 Å². The van der Waals surface area contributed by atoms with Gasteiger partial charge in [0.1, 0.15) is 0 Å². The number of nitrogens with zero attached hydrogens (tertiary/aromatic N) is 6. The van der Waals surface area contributed by atoms with Crippen LogP contribution in [-0.4, -0.2) is 50.1 Å². The summed E-state index contributed by atoms with van der Waals surface area (Å²) in [5.41, 5.74) is -2.12. The molecule has 1 heterocycles. The zero-order chi connectivity index (χ0) is 29.5. The average Bonchev–Trinajstić information content (AvgIpc) is 2.97. The van der Waals surface area contributed by atoms with E-state index < -0.39 is 29.2 Å². The fourth-order valence-electron chi connectivity index (χ4n) is 7.59. The Morgan fingerprint density at radius 2 is 1.00 bits per heavy atom. The normalized spacial score (nSPS) is 29.7. The Balaban J connectivity index is 1.88. The molecular weight excluding hydrogens is 528 g/mol. The third-order valence-corrected chi connectivity index (χ3v) is 9.84. The third-order valence-electron chi connectivity index (χ3n) is 9.84. The number of hydrogen-bond donors (Lipinski definition) is 0. The Morgan fingerprint density at radius 3 is 1.46 bits per heavy atom. The van der Waals surface area contributed by atoms with E-state index in [0.717, 1.165) is 52.2 Å². The van der Waals surface area contributed by atoms with Crippen LogP contribution in [0.15, 0.2) is 29.4 Å². The quantitative estimate of drug-likeness (QED) is 0.330. The van der Waals surface area contributed by atoms with Gasteiger partial charge in [0.15, 0.2) is 0 Å². The molecule has 3 aliphatic rings. The summed E-state index contributed by atoms with van der Waals surface area (Å²) in [6.07, 6.45) is 14.2. The third kappa shape index (κ3) is 6.40. The van der Waals surface area contributed by atoms with Crippen molar-refractivity contribution in [2.24, 2.45) is 32.7 Å². The van der Waals surface area contributed by atoms with Crippen molar-refractivity contribution in [3.63, 3.8) is 0 Å². The van der Waals surface area contributed by atoms with E-state index in [2.05, 4.69) is 15.0 Å². The smallest absolute Gasteiger partial charge is 0.247 e. The molecule has 0 N–H and O–H groups in total. The molecule has 0 radical (unpaired) electrons. The number of carbonyl (C=O) groups excluding carboxylic acids is 3. The first-order valence-corrected chi connectivity index (χ1v) is 15.0. The molecule has 12 nitrogen and oxygen atoms in total. The van der Waals surface area contributed by atoms with Crippen molar-refractivity contribution in [2.45, 2.75) is 128 Å². The van der Waals surface area contributed by atoms with E-state index in [0.29, 0.717) is 38.5 Å². The molecule has 0 saturated heterocycles. The van der Waals surface area contributed by atoms with Crippen molar-refractivity contribution in [2.75, 3.05) is 0 Å². The second kappa shape index (κ2) is 13.9. The predicted molar refractivity (Wildman–Crippen MR) is 150 cm³/mol. The lowest BCUT2D eigenvalue weighted by Gasteiger charge is -2.36. The molecule has 0 bridgehead atoms. The SMILES string of the molecule is CC(C1CCCCC1N=C=O)n1c(=O)n(CC2CCCCC2N=C=O)c(=O)n(C(C)C2CCCCC2N=C=O)c1=O. The van der Waals surface area contributed by atoms with Crippen molar-refractivity contribution in [3.8, 4) is 0 Å². The van der Waals surface area contributed by atoms with E-state index in [9.17, 15) is 28.8 Å². The fraction of sp³-hybridized carbons (Fsp3) is 0.793. The molecule has 0 aliphatic heterocycles. The van der Waals surface area contributed by atoms with Crippen LogP contribution in [0.4, 0.5) is 0 Å². The lowest BCUT2D eigenvalue weighted by Crippen LogP contribution is -2.59. The molecule has 12 heteroatoms. The summed E-state index contributed by atoms with van der Waals surface area (Å²) in [5.74, 6) is -0.742. The lowest BCUT2D eigenvalue weighted by atomic mass is 9.80. The minimum absolute atomic E-state index is 0.0222. The summed E-state index contributed by atoms with van der Waals surface area (Å²) < 4.78 is 3.44. The summed E-state index contributed by atoms with van der Waals surface area (Å²) in [6, 6.07) is -2.36. The molecule has 1 aromatic rings. The number of hydrogen-bond acceptors (Lipinski definition) is 9. The summed E-state index contributed by atoms with van der Waals surface area (Å²) in [4.78, 5) is 87.7. The molecule has 4 rings (SSSR count). The molecule has 222 valence electrons. The van der Waals surface area contributed by atoms with Crippen molar-refractivity contribution < 1.29 is 14.4 Å². The Bertz CT molecular complexity index is 1330. The van der Waals surface area contributed by atoms with Gasteiger partial charge in [-0.2, -0.15) is 0 Å².